The number of nitrogens with one attached hydrogen (secondary N) is 3. The summed E-state index contributed by atoms with van der Waals surface area (Å²) in [5.74, 6) is 0.766. The smallest absolute Gasteiger partial charge is 0.274 e. The van der Waals surface area contributed by atoms with E-state index in [0.717, 1.165) is 16.7 Å². The fourth-order valence-electron chi connectivity index (χ4n) is 1.80. The zero-order chi connectivity index (χ0) is 13.2. The predicted octanol–water partition coefficient (Wildman–Crippen LogP) is 1.55. The van der Waals surface area contributed by atoms with Crippen LogP contribution in [0.2, 0.25) is 0 Å². The molecular formula is C12H11N5O2. The monoisotopic (exact) mass is 257 g/mol. The maximum absolute atomic E-state index is 12.0. The summed E-state index contributed by atoms with van der Waals surface area (Å²) in [7, 11) is 1.60. The molecule has 0 bridgehead atoms. The number of carbonyl (C=O) groups excluding carboxylic acids is 1. The van der Waals surface area contributed by atoms with Gasteiger partial charge in [0.1, 0.15) is 17.8 Å². The molecule has 0 atom stereocenters. The minimum absolute atomic E-state index is 0.285. The van der Waals surface area contributed by atoms with Gasteiger partial charge in [0.2, 0.25) is 5.95 Å². The molecule has 3 N–H and O–H groups in total. The molecule has 0 aliphatic carbocycles. The van der Waals surface area contributed by atoms with Crippen LogP contribution in [0.4, 0.5) is 5.95 Å². The summed E-state index contributed by atoms with van der Waals surface area (Å²) < 4.78 is 5.14. The van der Waals surface area contributed by atoms with Gasteiger partial charge in [0, 0.05) is 10.9 Å². The van der Waals surface area contributed by atoms with Crippen molar-refractivity contribution in [1.82, 2.24) is 20.2 Å². The molecule has 7 heteroatoms. The van der Waals surface area contributed by atoms with Crippen LogP contribution >= 0.6 is 0 Å². The van der Waals surface area contributed by atoms with Crippen molar-refractivity contribution in [3.05, 3.63) is 36.3 Å². The highest BCUT2D eigenvalue weighted by atomic mass is 16.5. The summed E-state index contributed by atoms with van der Waals surface area (Å²) in [5, 5.41) is 9.72. The van der Waals surface area contributed by atoms with Crippen LogP contribution in [0.5, 0.6) is 5.75 Å². The van der Waals surface area contributed by atoms with Gasteiger partial charge < -0.3 is 9.72 Å². The fraction of sp³-hybridized carbons (Fsp3) is 0.0833. The lowest BCUT2D eigenvalue weighted by molar-refractivity contribution is 0.102. The van der Waals surface area contributed by atoms with E-state index in [-0.39, 0.29) is 5.91 Å². The average Bonchev–Trinajstić information content (AvgIpc) is 3.05. The van der Waals surface area contributed by atoms with E-state index in [0.29, 0.717) is 11.6 Å². The Hall–Kier alpha value is -2.83. The Balaban J connectivity index is 1.90. The molecule has 1 amide bonds. The van der Waals surface area contributed by atoms with Crippen LogP contribution in [0.3, 0.4) is 0 Å². The molecule has 0 aliphatic heterocycles. The molecular weight excluding hydrogens is 246 g/mol. The first-order valence-corrected chi connectivity index (χ1v) is 5.60. The molecule has 0 aliphatic rings. The number of ether oxygens (including phenoxy) is 1. The third-order valence-electron chi connectivity index (χ3n) is 2.72. The second kappa shape index (κ2) is 4.45. The van der Waals surface area contributed by atoms with Gasteiger partial charge in [-0.2, -0.15) is 10.1 Å². The van der Waals surface area contributed by atoms with Crippen LogP contribution in [-0.4, -0.2) is 33.2 Å². The summed E-state index contributed by atoms with van der Waals surface area (Å²) in [6, 6.07) is 7.30. The Labute approximate surface area is 108 Å². The van der Waals surface area contributed by atoms with Crippen LogP contribution in [-0.2, 0) is 0 Å². The van der Waals surface area contributed by atoms with Crippen LogP contribution in [0.1, 0.15) is 10.5 Å². The van der Waals surface area contributed by atoms with Crippen molar-refractivity contribution in [3.8, 4) is 5.75 Å². The molecule has 0 radical (unpaired) electrons. The molecule has 0 saturated heterocycles. The van der Waals surface area contributed by atoms with E-state index in [1.807, 2.05) is 18.2 Å². The van der Waals surface area contributed by atoms with Crippen molar-refractivity contribution in [2.45, 2.75) is 0 Å². The summed E-state index contributed by atoms with van der Waals surface area (Å²) in [4.78, 5) is 18.8. The fourth-order valence-corrected chi connectivity index (χ4v) is 1.80. The highest BCUT2D eigenvalue weighted by Gasteiger charge is 2.11. The number of fused-ring (bicyclic) bond motifs is 1. The lowest BCUT2D eigenvalue weighted by atomic mass is 10.2. The molecule has 3 rings (SSSR count). The number of anilines is 1. The Bertz CT molecular complexity index is 717. The van der Waals surface area contributed by atoms with E-state index >= 15 is 0 Å². The normalized spacial score (nSPS) is 10.6. The minimum Gasteiger partial charge on any atom is -0.497 e. The highest BCUT2D eigenvalue weighted by Crippen LogP contribution is 2.21. The maximum Gasteiger partial charge on any atom is 0.274 e. The largest absolute Gasteiger partial charge is 0.497 e. The van der Waals surface area contributed by atoms with Gasteiger partial charge in [-0.25, -0.2) is 5.10 Å². The van der Waals surface area contributed by atoms with Gasteiger partial charge in [-0.15, -0.1) is 0 Å². The van der Waals surface area contributed by atoms with E-state index in [2.05, 4.69) is 25.5 Å². The van der Waals surface area contributed by atoms with Crippen LogP contribution in [0, 0.1) is 0 Å². The minimum atomic E-state index is -0.285. The second-order valence-electron chi connectivity index (χ2n) is 3.92. The molecule has 2 aromatic heterocycles. The molecule has 2 heterocycles. The van der Waals surface area contributed by atoms with Crippen LogP contribution < -0.4 is 10.1 Å². The number of rotatable bonds is 3. The van der Waals surface area contributed by atoms with Gasteiger partial charge in [-0.05, 0) is 24.3 Å². The third-order valence-corrected chi connectivity index (χ3v) is 2.72. The van der Waals surface area contributed by atoms with Crippen LogP contribution in [0.25, 0.3) is 10.9 Å². The SMILES string of the molecule is COc1ccc2[nH]c(C(=O)Nc3ncn[nH]3)cc2c1. The van der Waals surface area contributed by atoms with Crippen molar-refractivity contribution in [2.75, 3.05) is 12.4 Å². The quantitative estimate of drug-likeness (QED) is 0.663. The number of amides is 1. The molecule has 96 valence electrons. The van der Waals surface area contributed by atoms with Crippen molar-refractivity contribution in [2.24, 2.45) is 0 Å². The summed E-state index contributed by atoms with van der Waals surface area (Å²) in [6.45, 7) is 0. The molecule has 0 unspecified atom stereocenters. The first kappa shape index (κ1) is 11.3. The number of carbonyl (C=O) groups is 1. The number of hydrogen-bond donors (Lipinski definition) is 3. The zero-order valence-electron chi connectivity index (χ0n) is 10.1. The van der Waals surface area contributed by atoms with Gasteiger partial charge in [0.05, 0.1) is 7.11 Å². The summed E-state index contributed by atoms with van der Waals surface area (Å²) in [5.41, 5.74) is 1.31. The van der Waals surface area contributed by atoms with Crippen molar-refractivity contribution >= 4 is 22.8 Å². The number of methoxy groups -OCH3 is 1. The predicted molar refractivity (Wildman–Crippen MR) is 69.2 cm³/mol. The maximum atomic E-state index is 12.0. The highest BCUT2D eigenvalue weighted by molar-refractivity contribution is 6.05. The summed E-state index contributed by atoms with van der Waals surface area (Å²) in [6.07, 6.45) is 1.33. The first-order chi connectivity index (χ1) is 9.26. The van der Waals surface area contributed by atoms with E-state index in [4.69, 9.17) is 4.74 Å². The Morgan fingerprint density at radius 1 is 1.37 bits per heavy atom. The lowest BCUT2D eigenvalue weighted by Crippen LogP contribution is -2.13. The molecule has 7 nitrogen and oxygen atoms in total. The molecule has 3 aromatic rings. The standard InChI is InChI=1S/C12H11N5O2/c1-19-8-2-3-9-7(4-8)5-10(15-9)11(18)16-12-13-6-14-17-12/h2-6,15H,1H3,(H2,13,14,16,17,18). The molecule has 0 spiro atoms. The number of aromatic nitrogens is 4. The number of nitrogens with zero attached hydrogens (tertiary/aromatic N) is 2. The van der Waals surface area contributed by atoms with Crippen molar-refractivity contribution in [3.63, 3.8) is 0 Å². The van der Waals surface area contributed by atoms with Gasteiger partial charge in [0.15, 0.2) is 0 Å². The van der Waals surface area contributed by atoms with E-state index in [1.54, 1.807) is 13.2 Å². The van der Waals surface area contributed by atoms with E-state index in [9.17, 15) is 4.79 Å². The van der Waals surface area contributed by atoms with Gasteiger partial charge in [-0.3, -0.25) is 10.1 Å². The number of aromatic amines is 2. The molecule has 19 heavy (non-hydrogen) atoms. The van der Waals surface area contributed by atoms with Crippen molar-refractivity contribution < 1.29 is 9.53 Å². The van der Waals surface area contributed by atoms with Gasteiger partial charge >= 0.3 is 0 Å². The van der Waals surface area contributed by atoms with E-state index in [1.165, 1.54) is 6.33 Å². The third kappa shape index (κ3) is 2.13. The molecule has 0 fully saturated rings. The summed E-state index contributed by atoms with van der Waals surface area (Å²) >= 11 is 0. The Morgan fingerprint density at radius 3 is 3.00 bits per heavy atom. The second-order valence-corrected chi connectivity index (χ2v) is 3.92. The van der Waals surface area contributed by atoms with Gasteiger partial charge in [0.25, 0.3) is 5.91 Å². The lowest BCUT2D eigenvalue weighted by Gasteiger charge is -1.97. The molecule has 1 aromatic carbocycles. The van der Waals surface area contributed by atoms with E-state index < -0.39 is 0 Å². The van der Waals surface area contributed by atoms with Crippen molar-refractivity contribution in [1.29, 1.82) is 0 Å². The average molecular weight is 257 g/mol. The zero-order valence-corrected chi connectivity index (χ0v) is 10.1. The number of benzene rings is 1. The van der Waals surface area contributed by atoms with Crippen LogP contribution in [0.15, 0.2) is 30.6 Å². The number of hydrogen-bond acceptors (Lipinski definition) is 4. The topological polar surface area (TPSA) is 95.7 Å². The Morgan fingerprint density at radius 2 is 2.26 bits per heavy atom. The van der Waals surface area contributed by atoms with Gasteiger partial charge in [-0.1, -0.05) is 0 Å². The molecule has 0 saturated carbocycles. The number of H-pyrrole nitrogens is 2. The first-order valence-electron chi connectivity index (χ1n) is 5.60. The Kier molecular flexibility index (Phi) is 2.64.